The van der Waals surface area contributed by atoms with E-state index in [1.165, 1.54) is 5.56 Å². The molecule has 182 valence electrons. The lowest BCUT2D eigenvalue weighted by Gasteiger charge is -2.46. The van der Waals surface area contributed by atoms with Gasteiger partial charge in [-0.3, -0.25) is 0 Å². The van der Waals surface area contributed by atoms with Crippen molar-refractivity contribution in [2.24, 2.45) is 5.92 Å². The fraction of sp³-hybridized carbons (Fsp3) is 0.462. The zero-order valence-electron chi connectivity index (χ0n) is 19.5. The predicted molar refractivity (Wildman–Crippen MR) is 136 cm³/mol. The normalized spacial score (nSPS) is 18.3. The summed E-state index contributed by atoms with van der Waals surface area (Å²) >= 11 is 20.1. The average molecular weight is 525 g/mol. The molecule has 0 fully saturated rings. The largest absolute Gasteiger partial charge is 0.493 e. The molecule has 0 aliphatic carbocycles. The van der Waals surface area contributed by atoms with Crippen molar-refractivity contribution in [3.8, 4) is 23.0 Å². The Morgan fingerprint density at radius 2 is 1.85 bits per heavy atom. The summed E-state index contributed by atoms with van der Waals surface area (Å²) in [5.41, 5.74) is 5.05. The van der Waals surface area contributed by atoms with Gasteiger partial charge in [-0.05, 0) is 47.7 Å². The van der Waals surface area contributed by atoms with Gasteiger partial charge in [0.25, 0.3) is 0 Å². The van der Waals surface area contributed by atoms with E-state index in [1.807, 2.05) is 18.2 Å². The lowest BCUT2D eigenvalue weighted by molar-refractivity contribution is 0.174. The third-order valence-electron chi connectivity index (χ3n) is 7.02. The Morgan fingerprint density at radius 1 is 1.12 bits per heavy atom. The number of hydrogen-bond donors (Lipinski definition) is 0. The lowest BCUT2D eigenvalue weighted by Crippen LogP contribution is -2.41. The van der Waals surface area contributed by atoms with Gasteiger partial charge in [0.05, 0.1) is 13.7 Å². The molecule has 1 atom stereocenters. The maximum atomic E-state index is 6.69. The summed E-state index contributed by atoms with van der Waals surface area (Å²) in [6.45, 7) is 5.85. The summed E-state index contributed by atoms with van der Waals surface area (Å²) in [6.07, 6.45) is 5.01. The fourth-order valence-electron chi connectivity index (χ4n) is 5.06. The third-order valence-corrected chi connectivity index (χ3v) is 7.64. The van der Waals surface area contributed by atoms with Crippen molar-refractivity contribution in [3.05, 3.63) is 46.5 Å². The van der Waals surface area contributed by atoms with Crippen LogP contribution in [0, 0.1) is 5.92 Å². The Labute approximate surface area is 215 Å². The van der Waals surface area contributed by atoms with Crippen molar-refractivity contribution >= 4 is 46.6 Å². The summed E-state index contributed by atoms with van der Waals surface area (Å²) in [7, 11) is 1.64. The van der Waals surface area contributed by atoms with Crippen LogP contribution in [0.4, 0.5) is 0 Å². The van der Waals surface area contributed by atoms with Crippen LogP contribution in [0.1, 0.15) is 55.0 Å². The maximum Gasteiger partial charge on any atom is 0.231 e. The minimum atomic E-state index is -1.60. The van der Waals surface area contributed by atoms with Gasteiger partial charge in [-0.2, -0.15) is 0 Å². The van der Waals surface area contributed by atoms with Crippen LogP contribution in [0.15, 0.2) is 24.3 Å². The molecule has 3 heterocycles. The van der Waals surface area contributed by atoms with Crippen LogP contribution in [-0.4, -0.2) is 35.7 Å². The molecule has 0 N–H and O–H groups in total. The van der Waals surface area contributed by atoms with Gasteiger partial charge in [-0.25, -0.2) is 0 Å². The molecule has 3 aliphatic rings. The molecule has 34 heavy (non-hydrogen) atoms. The fourth-order valence-corrected chi connectivity index (χ4v) is 5.74. The number of methoxy groups -OCH3 is 1. The molecule has 0 spiro atoms. The zero-order valence-corrected chi connectivity index (χ0v) is 21.8. The molecule has 0 aromatic heterocycles. The van der Waals surface area contributed by atoms with Gasteiger partial charge in [0, 0.05) is 23.4 Å². The molecule has 0 unspecified atom stereocenters. The monoisotopic (exact) mass is 523 g/mol. The van der Waals surface area contributed by atoms with Gasteiger partial charge >= 0.3 is 0 Å². The number of alkyl halides is 3. The summed E-state index contributed by atoms with van der Waals surface area (Å²) in [5, 5.41) is 0. The number of benzene rings is 2. The smallest absolute Gasteiger partial charge is 0.231 e. The van der Waals surface area contributed by atoms with Gasteiger partial charge in [0.2, 0.25) is 10.6 Å². The molecule has 0 saturated heterocycles. The molecule has 8 heteroatoms. The van der Waals surface area contributed by atoms with E-state index < -0.39 is 9.83 Å². The topological polar surface area (TPSA) is 40.2 Å². The quantitative estimate of drug-likeness (QED) is 0.380. The van der Waals surface area contributed by atoms with Crippen LogP contribution >= 0.6 is 34.8 Å². The van der Waals surface area contributed by atoms with E-state index in [9.17, 15) is 0 Å². The van der Waals surface area contributed by atoms with Crippen LogP contribution in [0.2, 0.25) is 0 Å². The van der Waals surface area contributed by atoms with Crippen LogP contribution < -0.4 is 18.9 Å². The van der Waals surface area contributed by atoms with Crippen LogP contribution in [-0.2, 0) is 6.42 Å². The molecule has 5 rings (SSSR count). The highest BCUT2D eigenvalue weighted by Gasteiger charge is 2.46. The predicted octanol–water partition coefficient (Wildman–Crippen LogP) is 7.02. The van der Waals surface area contributed by atoms with Crippen LogP contribution in [0.5, 0.6) is 23.0 Å². The molecule has 3 aliphatic heterocycles. The minimum Gasteiger partial charge on any atom is -0.493 e. The highest BCUT2D eigenvalue weighted by molar-refractivity contribution is 6.68. The van der Waals surface area contributed by atoms with E-state index in [0.29, 0.717) is 30.6 Å². The molecule has 2 aromatic rings. The maximum absolute atomic E-state index is 6.69. The van der Waals surface area contributed by atoms with E-state index >= 15 is 0 Å². The highest BCUT2D eigenvalue weighted by atomic mass is 35.6. The first-order valence-electron chi connectivity index (χ1n) is 11.7. The Balaban J connectivity index is 1.67. The van der Waals surface area contributed by atoms with Gasteiger partial charge in [0.15, 0.2) is 23.0 Å². The number of hydrogen-bond acceptors (Lipinski definition) is 5. The SMILES string of the molecule is CCC(CC)COc1c(OC)ccc2c1[C@@H](C(Cl)(Cl)Cl)N1CCc3cc4c(cc3C1=C2)OCO4. The van der Waals surface area contributed by atoms with E-state index in [4.69, 9.17) is 53.8 Å². The van der Waals surface area contributed by atoms with E-state index in [0.717, 1.165) is 53.1 Å². The van der Waals surface area contributed by atoms with E-state index in [-0.39, 0.29) is 6.79 Å². The number of fused-ring (bicyclic) bond motifs is 5. The summed E-state index contributed by atoms with van der Waals surface area (Å²) in [4.78, 5) is 2.17. The van der Waals surface area contributed by atoms with Crippen molar-refractivity contribution in [1.82, 2.24) is 4.90 Å². The first kappa shape index (κ1) is 23.8. The molecule has 5 nitrogen and oxygen atoms in total. The second-order valence-corrected chi connectivity index (χ2v) is 11.2. The Morgan fingerprint density at radius 3 is 2.53 bits per heavy atom. The summed E-state index contributed by atoms with van der Waals surface area (Å²) < 4.78 is 21.7. The molecule has 0 amide bonds. The van der Waals surface area contributed by atoms with Gasteiger partial charge in [0.1, 0.15) is 6.04 Å². The number of rotatable bonds is 6. The molecule has 0 saturated carbocycles. The molecule has 0 radical (unpaired) electrons. The average Bonchev–Trinajstić information content (AvgIpc) is 3.28. The van der Waals surface area contributed by atoms with Crippen molar-refractivity contribution < 1.29 is 18.9 Å². The molecular weight excluding hydrogens is 497 g/mol. The second kappa shape index (κ2) is 9.25. The Kier molecular flexibility index (Phi) is 6.47. The van der Waals surface area contributed by atoms with Crippen LogP contribution in [0.3, 0.4) is 0 Å². The third kappa shape index (κ3) is 4.06. The number of ether oxygens (including phenoxy) is 4. The molecule has 0 bridgehead atoms. The Bertz CT molecular complexity index is 1120. The van der Waals surface area contributed by atoms with Gasteiger partial charge in [-0.1, -0.05) is 67.6 Å². The Hall–Kier alpha value is -1.95. The molecular formula is C26H28Cl3NO4. The van der Waals surface area contributed by atoms with Gasteiger partial charge < -0.3 is 23.8 Å². The highest BCUT2D eigenvalue weighted by Crippen LogP contribution is 2.56. The van der Waals surface area contributed by atoms with Gasteiger partial charge in [-0.15, -0.1) is 0 Å². The second-order valence-electron chi connectivity index (χ2n) is 8.87. The first-order chi connectivity index (χ1) is 16.4. The van der Waals surface area contributed by atoms with Crippen LogP contribution in [0.25, 0.3) is 11.8 Å². The van der Waals surface area contributed by atoms with Crippen molar-refractivity contribution in [2.45, 2.75) is 42.9 Å². The van der Waals surface area contributed by atoms with E-state index in [1.54, 1.807) is 7.11 Å². The summed E-state index contributed by atoms with van der Waals surface area (Å²) in [6, 6.07) is 7.48. The standard InChI is InChI=1S/C26H28Cl3NO4/c1-4-15(5-2)13-32-24-20(31-3)7-6-17-10-19-18-12-22-21(33-14-34-22)11-16(18)8-9-30(19)25(23(17)24)26(27,28)29/h6-7,10-12,15,25H,4-5,8-9,13-14H2,1-3H3/t25-/m0/s1. The minimum absolute atomic E-state index is 0.234. The first-order valence-corrected chi connectivity index (χ1v) is 12.8. The molecule has 2 aromatic carbocycles. The number of nitrogens with zero attached hydrogens (tertiary/aromatic N) is 1. The zero-order chi connectivity index (χ0) is 24.0. The van der Waals surface area contributed by atoms with Crippen molar-refractivity contribution in [1.29, 1.82) is 0 Å². The van der Waals surface area contributed by atoms with Crippen molar-refractivity contribution in [2.75, 3.05) is 27.1 Å². The number of halogens is 3. The van der Waals surface area contributed by atoms with Crippen molar-refractivity contribution in [3.63, 3.8) is 0 Å². The van der Waals surface area contributed by atoms with E-state index in [2.05, 4.69) is 30.9 Å². The summed E-state index contributed by atoms with van der Waals surface area (Å²) in [5.74, 6) is 3.25. The lowest BCUT2D eigenvalue weighted by atomic mass is 9.86.